The van der Waals surface area contributed by atoms with E-state index < -0.39 is 0 Å². The molecule has 6 heteroatoms. The van der Waals surface area contributed by atoms with E-state index in [0.717, 1.165) is 53.1 Å². The van der Waals surface area contributed by atoms with E-state index in [1.54, 1.807) is 11.3 Å². The molecule has 2 saturated heterocycles. The van der Waals surface area contributed by atoms with Gasteiger partial charge in [0.1, 0.15) is 5.01 Å². The zero-order chi connectivity index (χ0) is 24.6. The topological polar surface area (TPSA) is 54.7 Å². The molecule has 2 amide bonds. The van der Waals surface area contributed by atoms with Crippen LogP contribution in [0.5, 0.6) is 0 Å². The van der Waals surface area contributed by atoms with Gasteiger partial charge < -0.3 is 4.90 Å². The molecule has 3 aromatic carbocycles. The maximum atomic E-state index is 13.4. The highest BCUT2D eigenvalue weighted by atomic mass is 32.1. The van der Waals surface area contributed by atoms with Gasteiger partial charge in [0.15, 0.2) is 6.04 Å². The van der Waals surface area contributed by atoms with Gasteiger partial charge in [-0.15, -0.1) is 11.3 Å². The van der Waals surface area contributed by atoms with Crippen LogP contribution in [0.4, 0.5) is 5.69 Å². The minimum Gasteiger partial charge on any atom is -0.324 e. The number of thiazole rings is 1. The van der Waals surface area contributed by atoms with Crippen LogP contribution in [0.1, 0.15) is 30.4 Å². The third-order valence-electron chi connectivity index (χ3n) is 7.67. The Kier molecular flexibility index (Phi) is 6.15. The molecule has 1 N–H and O–H groups in total. The van der Waals surface area contributed by atoms with Crippen molar-refractivity contribution in [3.05, 3.63) is 83.9 Å². The molecule has 6 rings (SSSR count). The number of rotatable bonds is 5. The van der Waals surface area contributed by atoms with Gasteiger partial charge in [-0.2, -0.15) is 0 Å². The molecule has 36 heavy (non-hydrogen) atoms. The van der Waals surface area contributed by atoms with Crippen molar-refractivity contribution in [3.63, 3.8) is 0 Å². The van der Waals surface area contributed by atoms with Crippen LogP contribution in [0.15, 0.2) is 72.8 Å². The summed E-state index contributed by atoms with van der Waals surface area (Å²) in [5.74, 6) is 0.505. The first-order chi connectivity index (χ1) is 17.5. The summed E-state index contributed by atoms with van der Waals surface area (Å²) >= 11 is 1.66. The number of carbonyl (C=O) groups excluding carboxylic acids is 2. The van der Waals surface area contributed by atoms with Crippen molar-refractivity contribution in [3.8, 4) is 10.6 Å². The number of fused-ring (bicyclic) bond motifs is 1. The Labute approximate surface area is 215 Å². The van der Waals surface area contributed by atoms with Gasteiger partial charge >= 0.3 is 0 Å². The number of anilines is 1. The molecule has 182 valence electrons. The zero-order valence-corrected chi connectivity index (χ0v) is 21.3. The molecule has 3 heterocycles. The van der Waals surface area contributed by atoms with Crippen LogP contribution < -0.4 is 9.80 Å². The van der Waals surface area contributed by atoms with Gasteiger partial charge in [-0.3, -0.25) is 9.59 Å². The highest BCUT2D eigenvalue weighted by Crippen LogP contribution is 2.32. The third-order valence-corrected chi connectivity index (χ3v) is 8.74. The summed E-state index contributed by atoms with van der Waals surface area (Å²) < 4.78 is 1.16. The quantitative estimate of drug-likeness (QED) is 0.416. The van der Waals surface area contributed by atoms with Crippen LogP contribution in [-0.2, 0) is 16.0 Å². The number of aromatic nitrogens is 1. The molecular formula is C30H30N3O2S+. The van der Waals surface area contributed by atoms with Crippen molar-refractivity contribution in [1.82, 2.24) is 4.98 Å². The molecule has 2 aliphatic heterocycles. The van der Waals surface area contributed by atoms with Gasteiger partial charge in [-0.05, 0) is 79.6 Å². The molecule has 4 aromatic rings. The highest BCUT2D eigenvalue weighted by molar-refractivity contribution is 7.21. The number of piperidine rings is 1. The maximum Gasteiger partial charge on any atom is 0.292 e. The molecule has 0 unspecified atom stereocenters. The van der Waals surface area contributed by atoms with Crippen LogP contribution in [0.2, 0.25) is 0 Å². The number of likely N-dealkylation sites (tertiary alicyclic amines) is 1. The van der Waals surface area contributed by atoms with Crippen molar-refractivity contribution in [2.24, 2.45) is 5.92 Å². The van der Waals surface area contributed by atoms with Gasteiger partial charge in [0, 0.05) is 5.56 Å². The second-order valence-corrected chi connectivity index (χ2v) is 11.2. The summed E-state index contributed by atoms with van der Waals surface area (Å²) in [7, 11) is 0. The van der Waals surface area contributed by atoms with Crippen LogP contribution >= 0.6 is 11.3 Å². The van der Waals surface area contributed by atoms with Crippen LogP contribution in [-0.4, -0.2) is 35.9 Å². The molecule has 2 fully saturated rings. The van der Waals surface area contributed by atoms with Gasteiger partial charge in [0.25, 0.3) is 5.91 Å². The average molecular weight is 497 g/mol. The van der Waals surface area contributed by atoms with Crippen molar-refractivity contribution in [2.75, 3.05) is 18.0 Å². The van der Waals surface area contributed by atoms with Crippen LogP contribution in [0.25, 0.3) is 20.8 Å². The average Bonchev–Trinajstić information content (AvgIpc) is 3.45. The van der Waals surface area contributed by atoms with E-state index in [-0.39, 0.29) is 17.9 Å². The van der Waals surface area contributed by atoms with Gasteiger partial charge in [0.2, 0.25) is 5.91 Å². The van der Waals surface area contributed by atoms with Gasteiger partial charge in [0.05, 0.1) is 35.4 Å². The first-order valence-electron chi connectivity index (χ1n) is 12.8. The summed E-state index contributed by atoms with van der Waals surface area (Å²) in [6, 6.07) is 24.3. The van der Waals surface area contributed by atoms with Crippen LogP contribution in [0, 0.1) is 12.8 Å². The Morgan fingerprint density at radius 2 is 1.72 bits per heavy atom. The smallest absolute Gasteiger partial charge is 0.292 e. The standard InChI is InChI=1S/C30H29N3O2S/c1-20-7-12-25-27(17-20)36-29(31-25)23-8-10-24(11-9-23)33-28(34)19-26(30(33)35)32-15-13-22(14-16-32)18-21-5-3-2-4-6-21/h2-12,17,22,26H,13-16,18-19H2,1H3/p+1/t26-/m1/s1. The Morgan fingerprint density at radius 1 is 0.972 bits per heavy atom. The normalized spacial score (nSPS) is 22.5. The van der Waals surface area contributed by atoms with Crippen LogP contribution in [0.3, 0.4) is 0 Å². The number of imide groups is 1. The van der Waals surface area contributed by atoms with Crippen molar-refractivity contribution >= 4 is 39.1 Å². The molecular weight excluding hydrogens is 466 g/mol. The first kappa shape index (κ1) is 23.1. The Bertz CT molecular complexity index is 1410. The van der Waals surface area contributed by atoms with E-state index in [1.807, 2.05) is 30.3 Å². The van der Waals surface area contributed by atoms with E-state index in [1.165, 1.54) is 20.9 Å². The van der Waals surface area contributed by atoms with Gasteiger partial charge in [-0.1, -0.05) is 36.4 Å². The fraction of sp³-hybridized carbons (Fsp3) is 0.300. The Morgan fingerprint density at radius 3 is 2.47 bits per heavy atom. The fourth-order valence-electron chi connectivity index (χ4n) is 5.68. The number of carbonyl (C=O) groups is 2. The zero-order valence-electron chi connectivity index (χ0n) is 20.4. The minimum absolute atomic E-state index is 0.0558. The summed E-state index contributed by atoms with van der Waals surface area (Å²) in [5.41, 5.74) is 5.25. The molecule has 0 aliphatic carbocycles. The number of nitrogens with one attached hydrogen (secondary N) is 1. The molecule has 2 aliphatic rings. The van der Waals surface area contributed by atoms with Gasteiger partial charge in [-0.25, -0.2) is 9.88 Å². The Hall–Kier alpha value is -3.35. The third kappa shape index (κ3) is 4.47. The summed E-state index contributed by atoms with van der Waals surface area (Å²) in [5, 5.41) is 0.946. The molecule has 1 aromatic heterocycles. The van der Waals surface area contributed by atoms with Crippen molar-refractivity contribution in [2.45, 2.75) is 38.6 Å². The maximum absolute atomic E-state index is 13.4. The van der Waals surface area contributed by atoms with Crippen molar-refractivity contribution in [1.29, 1.82) is 0 Å². The lowest BCUT2D eigenvalue weighted by molar-refractivity contribution is -0.920. The Balaban J connectivity index is 1.12. The molecule has 5 nitrogen and oxygen atoms in total. The first-order valence-corrected chi connectivity index (χ1v) is 13.6. The number of hydrogen-bond acceptors (Lipinski definition) is 4. The minimum atomic E-state index is -0.262. The number of benzene rings is 3. The number of nitrogens with zero attached hydrogens (tertiary/aromatic N) is 2. The molecule has 0 saturated carbocycles. The molecule has 0 spiro atoms. The summed E-state index contributed by atoms with van der Waals surface area (Å²) in [6.07, 6.45) is 3.59. The predicted molar refractivity (Wildman–Crippen MR) is 144 cm³/mol. The molecule has 0 bridgehead atoms. The van der Waals surface area contributed by atoms with E-state index in [0.29, 0.717) is 18.0 Å². The summed E-state index contributed by atoms with van der Waals surface area (Å²) in [6.45, 7) is 3.98. The largest absolute Gasteiger partial charge is 0.324 e. The van der Waals surface area contributed by atoms with E-state index in [2.05, 4.69) is 49.4 Å². The summed E-state index contributed by atoms with van der Waals surface area (Å²) in [4.78, 5) is 33.7. The lowest BCUT2D eigenvalue weighted by Gasteiger charge is -2.32. The number of aryl methyl sites for hydroxylation is 1. The fourth-order valence-corrected chi connectivity index (χ4v) is 6.75. The van der Waals surface area contributed by atoms with Crippen molar-refractivity contribution < 1.29 is 14.5 Å². The second kappa shape index (κ2) is 9.60. The number of amides is 2. The van der Waals surface area contributed by atoms with E-state index in [9.17, 15) is 9.59 Å². The second-order valence-electron chi connectivity index (χ2n) is 10.2. The monoisotopic (exact) mass is 496 g/mol. The van der Waals surface area contributed by atoms with E-state index >= 15 is 0 Å². The lowest BCUT2D eigenvalue weighted by atomic mass is 9.89. The molecule has 0 radical (unpaired) electrons. The number of hydrogen-bond donors (Lipinski definition) is 1. The predicted octanol–water partition coefficient (Wildman–Crippen LogP) is 4.44. The lowest BCUT2D eigenvalue weighted by Crippen LogP contribution is -3.17. The SMILES string of the molecule is Cc1ccc2nc(-c3ccc(N4C(=O)C[C@@H]([NH+]5CCC(Cc6ccccc6)CC5)C4=O)cc3)sc2c1. The van der Waals surface area contributed by atoms with E-state index in [4.69, 9.17) is 4.98 Å². The highest BCUT2D eigenvalue weighted by Gasteiger charge is 2.46. The molecule has 1 atom stereocenters. The number of quaternary nitrogens is 1.